The van der Waals surface area contributed by atoms with Crippen molar-refractivity contribution in [2.45, 2.75) is 185 Å². The maximum absolute atomic E-state index is 12.8. The number of allylic oxidation sites excluding steroid dienone is 3. The summed E-state index contributed by atoms with van der Waals surface area (Å²) in [6.45, 7) is 3.68. The molecule has 0 aliphatic carbocycles. The molecule has 1 heterocycles. The summed E-state index contributed by atoms with van der Waals surface area (Å²) in [5.41, 5.74) is 0. The Hall–Kier alpha value is -1.33. The largest absolute Gasteiger partial charge is 0.394 e. The van der Waals surface area contributed by atoms with E-state index in [1.54, 1.807) is 6.08 Å². The number of aliphatic hydroxyl groups excluding tert-OH is 5. The molecule has 6 N–H and O–H groups in total. The lowest BCUT2D eigenvalue weighted by atomic mass is 9.99. The molecule has 1 aliphatic heterocycles. The van der Waals surface area contributed by atoms with Gasteiger partial charge in [-0.25, -0.2) is 0 Å². The van der Waals surface area contributed by atoms with Gasteiger partial charge in [0.2, 0.25) is 5.91 Å². The highest BCUT2D eigenvalue weighted by Gasteiger charge is 2.44. The number of carbonyl (C=O) groups is 1. The first kappa shape index (κ1) is 41.7. The van der Waals surface area contributed by atoms with Crippen LogP contribution in [-0.4, -0.2) is 87.5 Å². The van der Waals surface area contributed by atoms with E-state index in [0.717, 1.165) is 38.5 Å². The van der Waals surface area contributed by atoms with E-state index < -0.39 is 49.5 Å². The maximum Gasteiger partial charge on any atom is 0.220 e. The molecule has 9 heteroatoms. The number of rotatable bonds is 28. The van der Waals surface area contributed by atoms with Crippen LogP contribution in [0.1, 0.15) is 142 Å². The van der Waals surface area contributed by atoms with Crippen molar-refractivity contribution >= 4 is 5.91 Å². The number of unbranched alkanes of at least 4 members (excludes halogenated alkanes) is 16. The molecular weight excluding hydrogens is 574 g/mol. The third kappa shape index (κ3) is 19.8. The van der Waals surface area contributed by atoms with Crippen molar-refractivity contribution in [1.29, 1.82) is 0 Å². The second-order valence-corrected chi connectivity index (χ2v) is 12.7. The molecule has 0 aromatic rings. The lowest BCUT2D eigenvalue weighted by Gasteiger charge is -2.40. The Morgan fingerprint density at radius 1 is 0.733 bits per heavy atom. The molecule has 264 valence electrons. The Kier molecular flexibility index (Phi) is 25.7. The summed E-state index contributed by atoms with van der Waals surface area (Å²) in [6.07, 6.45) is 22.3. The molecule has 7 unspecified atom stereocenters. The Balaban J connectivity index is 2.53. The highest BCUT2D eigenvalue weighted by Crippen LogP contribution is 2.22. The number of aliphatic hydroxyl groups is 5. The minimum Gasteiger partial charge on any atom is -0.394 e. The predicted octanol–water partition coefficient (Wildman–Crippen LogP) is 5.60. The molecule has 1 saturated heterocycles. The highest BCUT2D eigenvalue weighted by atomic mass is 16.7. The van der Waals surface area contributed by atoms with Gasteiger partial charge in [-0.3, -0.25) is 4.79 Å². The van der Waals surface area contributed by atoms with Crippen molar-refractivity contribution in [3.63, 3.8) is 0 Å². The van der Waals surface area contributed by atoms with Crippen molar-refractivity contribution in [1.82, 2.24) is 5.32 Å². The van der Waals surface area contributed by atoms with Gasteiger partial charge in [0.25, 0.3) is 0 Å². The minimum atomic E-state index is -1.57. The van der Waals surface area contributed by atoms with Crippen molar-refractivity contribution < 1.29 is 39.8 Å². The van der Waals surface area contributed by atoms with Crippen LogP contribution in [0.3, 0.4) is 0 Å². The summed E-state index contributed by atoms with van der Waals surface area (Å²) in [5.74, 6) is -0.193. The number of carbonyl (C=O) groups excluding carboxylic acids is 1. The van der Waals surface area contributed by atoms with E-state index in [4.69, 9.17) is 9.47 Å². The van der Waals surface area contributed by atoms with E-state index in [0.29, 0.717) is 6.42 Å². The number of hydrogen-bond acceptors (Lipinski definition) is 8. The van der Waals surface area contributed by atoms with E-state index in [1.165, 1.54) is 83.5 Å². The van der Waals surface area contributed by atoms with Gasteiger partial charge in [0.15, 0.2) is 6.29 Å². The smallest absolute Gasteiger partial charge is 0.220 e. The van der Waals surface area contributed by atoms with Crippen LogP contribution in [0.5, 0.6) is 0 Å². The first-order valence-electron chi connectivity index (χ1n) is 18.1. The number of amides is 1. The first-order valence-corrected chi connectivity index (χ1v) is 18.1. The van der Waals surface area contributed by atoms with Crippen LogP contribution in [0.2, 0.25) is 0 Å². The van der Waals surface area contributed by atoms with Gasteiger partial charge in [-0.05, 0) is 32.1 Å². The molecule has 0 saturated carbocycles. The molecule has 1 amide bonds. The summed E-state index contributed by atoms with van der Waals surface area (Å²) in [5, 5.41) is 53.7. The summed E-state index contributed by atoms with van der Waals surface area (Å²) < 4.78 is 11.1. The zero-order valence-electron chi connectivity index (χ0n) is 28.4. The molecule has 0 aromatic carbocycles. The molecular formula is C36H67NO8. The SMILES string of the molecule is CCCCCCCC/C=C/CC/C=C/C(O)C(COC1OC(CO)C(O)C(O)C1O)NC(=O)CCCCCCCCCCCC. The van der Waals surface area contributed by atoms with Gasteiger partial charge in [0.1, 0.15) is 24.4 Å². The van der Waals surface area contributed by atoms with E-state index in [1.807, 2.05) is 6.08 Å². The zero-order valence-corrected chi connectivity index (χ0v) is 28.4. The second kappa shape index (κ2) is 27.8. The van der Waals surface area contributed by atoms with E-state index in [9.17, 15) is 30.3 Å². The number of ether oxygens (including phenoxy) is 2. The highest BCUT2D eigenvalue weighted by molar-refractivity contribution is 5.76. The average Bonchev–Trinajstić information content (AvgIpc) is 3.04. The maximum atomic E-state index is 12.8. The zero-order chi connectivity index (χ0) is 33.1. The topological polar surface area (TPSA) is 149 Å². The fourth-order valence-electron chi connectivity index (χ4n) is 5.52. The quantitative estimate of drug-likeness (QED) is 0.0478. The Morgan fingerprint density at radius 3 is 1.87 bits per heavy atom. The van der Waals surface area contributed by atoms with Crippen molar-refractivity contribution in [3.05, 3.63) is 24.3 Å². The fourth-order valence-corrected chi connectivity index (χ4v) is 5.52. The average molecular weight is 642 g/mol. The van der Waals surface area contributed by atoms with Gasteiger partial charge in [-0.1, -0.05) is 128 Å². The van der Waals surface area contributed by atoms with Gasteiger partial charge in [0, 0.05) is 6.42 Å². The summed E-state index contributed by atoms with van der Waals surface area (Å²) in [7, 11) is 0. The molecule has 0 bridgehead atoms. The van der Waals surface area contributed by atoms with Gasteiger partial charge >= 0.3 is 0 Å². The van der Waals surface area contributed by atoms with Gasteiger partial charge in [0.05, 0.1) is 25.4 Å². The lowest BCUT2D eigenvalue weighted by molar-refractivity contribution is -0.302. The minimum absolute atomic E-state index is 0.193. The summed E-state index contributed by atoms with van der Waals surface area (Å²) in [4.78, 5) is 12.8. The third-order valence-electron chi connectivity index (χ3n) is 8.53. The normalized spacial score (nSPS) is 23.6. The standard InChI is InChI=1S/C36H67NO8/c1-3-5-7-9-11-13-15-16-17-19-21-23-25-30(39)29(28-44-36-35(43)34(42)33(41)31(27-38)45-36)37-32(40)26-24-22-20-18-14-12-10-8-6-4-2/h16-17,23,25,29-31,33-36,38-39,41-43H,3-15,18-22,24,26-28H2,1-2H3,(H,37,40)/b17-16+,25-23+. The van der Waals surface area contributed by atoms with Crippen LogP contribution >= 0.6 is 0 Å². The van der Waals surface area contributed by atoms with Crippen molar-refractivity contribution in [3.8, 4) is 0 Å². The van der Waals surface area contributed by atoms with Crippen LogP contribution in [-0.2, 0) is 14.3 Å². The molecule has 45 heavy (non-hydrogen) atoms. The number of hydrogen-bond donors (Lipinski definition) is 6. The lowest BCUT2D eigenvalue weighted by Crippen LogP contribution is -2.60. The fraction of sp³-hybridized carbons (Fsp3) is 0.861. The van der Waals surface area contributed by atoms with Gasteiger partial charge < -0.3 is 40.3 Å². The Bertz CT molecular complexity index is 761. The van der Waals surface area contributed by atoms with Crippen LogP contribution in [0.15, 0.2) is 24.3 Å². The Labute approximate surface area is 273 Å². The molecule has 0 spiro atoms. The third-order valence-corrected chi connectivity index (χ3v) is 8.53. The van der Waals surface area contributed by atoms with Crippen LogP contribution in [0, 0.1) is 0 Å². The number of nitrogens with one attached hydrogen (secondary N) is 1. The molecule has 7 atom stereocenters. The van der Waals surface area contributed by atoms with Crippen molar-refractivity contribution in [2.24, 2.45) is 0 Å². The summed E-state index contributed by atoms with van der Waals surface area (Å²) >= 11 is 0. The Morgan fingerprint density at radius 2 is 1.27 bits per heavy atom. The van der Waals surface area contributed by atoms with Gasteiger partial charge in [-0.15, -0.1) is 0 Å². The molecule has 0 aromatic heterocycles. The van der Waals surface area contributed by atoms with E-state index in [-0.39, 0.29) is 12.5 Å². The molecule has 1 fully saturated rings. The van der Waals surface area contributed by atoms with Crippen LogP contribution < -0.4 is 5.32 Å². The summed E-state index contributed by atoms with van der Waals surface area (Å²) in [6, 6.07) is -0.813. The molecule has 9 nitrogen and oxygen atoms in total. The van der Waals surface area contributed by atoms with Gasteiger partial charge in [-0.2, -0.15) is 0 Å². The molecule has 1 rings (SSSR count). The van der Waals surface area contributed by atoms with E-state index in [2.05, 4.69) is 31.3 Å². The monoisotopic (exact) mass is 641 g/mol. The second-order valence-electron chi connectivity index (χ2n) is 12.7. The van der Waals surface area contributed by atoms with E-state index >= 15 is 0 Å². The van der Waals surface area contributed by atoms with Crippen LogP contribution in [0.25, 0.3) is 0 Å². The molecule has 0 radical (unpaired) electrons. The predicted molar refractivity (Wildman–Crippen MR) is 180 cm³/mol. The first-order chi connectivity index (χ1) is 21.8. The molecule has 1 aliphatic rings. The van der Waals surface area contributed by atoms with Crippen LogP contribution in [0.4, 0.5) is 0 Å². The van der Waals surface area contributed by atoms with Crippen molar-refractivity contribution in [2.75, 3.05) is 13.2 Å².